The molecule has 3 N–H and O–H groups in total. The minimum absolute atomic E-state index is 0.0565. The van der Waals surface area contributed by atoms with Gasteiger partial charge in [-0.25, -0.2) is 4.79 Å². The number of aliphatic carboxylic acids is 1. The number of pyridine rings is 1. The predicted molar refractivity (Wildman–Crippen MR) is 78.4 cm³/mol. The van der Waals surface area contributed by atoms with Crippen molar-refractivity contribution >= 4 is 22.8 Å². The normalized spacial score (nSPS) is 12.0. The van der Waals surface area contributed by atoms with Crippen molar-refractivity contribution in [3.63, 3.8) is 0 Å². The van der Waals surface area contributed by atoms with Crippen LogP contribution in [0.15, 0.2) is 35.1 Å². The highest BCUT2D eigenvalue weighted by atomic mass is 16.4. The summed E-state index contributed by atoms with van der Waals surface area (Å²) >= 11 is 0. The fourth-order valence-electron chi connectivity index (χ4n) is 2.10. The summed E-state index contributed by atoms with van der Waals surface area (Å²) in [6.07, 6.45) is 0.963. The minimum Gasteiger partial charge on any atom is -0.480 e. The van der Waals surface area contributed by atoms with E-state index >= 15 is 0 Å². The zero-order valence-electron chi connectivity index (χ0n) is 11.6. The molecule has 0 bridgehead atoms. The van der Waals surface area contributed by atoms with Crippen LogP contribution in [0.4, 0.5) is 0 Å². The van der Waals surface area contributed by atoms with Crippen LogP contribution in [0.2, 0.25) is 0 Å². The number of carbonyl (C=O) groups excluding carboxylic acids is 1. The molecule has 1 amide bonds. The van der Waals surface area contributed by atoms with E-state index in [-0.39, 0.29) is 11.1 Å². The molecule has 0 radical (unpaired) electrons. The van der Waals surface area contributed by atoms with Gasteiger partial charge in [-0.3, -0.25) is 9.59 Å². The van der Waals surface area contributed by atoms with E-state index in [1.165, 1.54) is 6.07 Å². The minimum atomic E-state index is -1.09. The summed E-state index contributed by atoms with van der Waals surface area (Å²) in [6.45, 7) is 1.83. The summed E-state index contributed by atoms with van der Waals surface area (Å²) in [5, 5.41) is 11.9. The molecule has 110 valence electrons. The molecule has 0 saturated heterocycles. The van der Waals surface area contributed by atoms with E-state index in [9.17, 15) is 14.4 Å². The number of nitrogens with one attached hydrogen (secondary N) is 2. The Morgan fingerprint density at radius 2 is 2.05 bits per heavy atom. The number of para-hydroxylation sites is 1. The molecule has 21 heavy (non-hydrogen) atoms. The molecule has 0 aliphatic carbocycles. The van der Waals surface area contributed by atoms with E-state index in [4.69, 9.17) is 5.11 Å². The van der Waals surface area contributed by atoms with Gasteiger partial charge >= 0.3 is 5.97 Å². The Labute approximate surface area is 120 Å². The van der Waals surface area contributed by atoms with Crippen molar-refractivity contribution in [2.75, 3.05) is 0 Å². The first-order chi connectivity index (χ1) is 10.0. The van der Waals surface area contributed by atoms with E-state index in [1.54, 1.807) is 24.3 Å². The van der Waals surface area contributed by atoms with Crippen molar-refractivity contribution in [1.29, 1.82) is 0 Å². The number of aromatic nitrogens is 1. The first-order valence-electron chi connectivity index (χ1n) is 6.68. The van der Waals surface area contributed by atoms with Crippen molar-refractivity contribution in [1.82, 2.24) is 10.3 Å². The van der Waals surface area contributed by atoms with Crippen molar-refractivity contribution in [2.45, 2.75) is 25.8 Å². The molecule has 0 fully saturated rings. The average molecular weight is 288 g/mol. The van der Waals surface area contributed by atoms with Crippen LogP contribution in [0.25, 0.3) is 10.9 Å². The third-order valence-corrected chi connectivity index (χ3v) is 3.16. The maximum atomic E-state index is 12.1. The number of carboxylic acids is 1. The molecule has 1 atom stereocenters. The summed E-state index contributed by atoms with van der Waals surface area (Å²) in [7, 11) is 0. The Kier molecular flexibility index (Phi) is 4.37. The number of fused-ring (bicyclic) bond motifs is 1. The standard InChI is InChI=1S/C15H16N2O4/c1-2-5-11(15(20)21)17-14(19)12-8-13(18)9-6-3-4-7-10(9)16-12/h3-4,6-8,11H,2,5H2,1H3,(H,16,18)(H,17,19)(H,20,21)/t11-/m1/s1. The predicted octanol–water partition coefficient (Wildman–Crippen LogP) is 1.51. The number of hydrogen-bond donors (Lipinski definition) is 3. The maximum Gasteiger partial charge on any atom is 0.326 e. The number of rotatable bonds is 5. The molecule has 2 aromatic rings. The number of hydrogen-bond acceptors (Lipinski definition) is 3. The molecule has 0 saturated carbocycles. The second-order valence-electron chi connectivity index (χ2n) is 4.75. The van der Waals surface area contributed by atoms with Crippen LogP contribution in [0, 0.1) is 0 Å². The number of aromatic amines is 1. The van der Waals surface area contributed by atoms with Crippen molar-refractivity contribution in [3.05, 3.63) is 46.2 Å². The number of carboxylic acid groups (broad SMARTS) is 1. The summed E-state index contributed by atoms with van der Waals surface area (Å²) in [5.74, 6) is -1.69. The van der Waals surface area contributed by atoms with Gasteiger partial charge in [-0.05, 0) is 18.6 Å². The van der Waals surface area contributed by atoms with Gasteiger partial charge in [0.2, 0.25) is 0 Å². The van der Waals surface area contributed by atoms with Gasteiger partial charge in [0, 0.05) is 17.0 Å². The van der Waals surface area contributed by atoms with Crippen LogP contribution in [0.1, 0.15) is 30.3 Å². The summed E-state index contributed by atoms with van der Waals surface area (Å²) in [4.78, 5) is 37.9. The van der Waals surface area contributed by atoms with Gasteiger partial charge in [-0.15, -0.1) is 0 Å². The van der Waals surface area contributed by atoms with E-state index in [0.29, 0.717) is 23.7 Å². The molecule has 0 unspecified atom stereocenters. The third-order valence-electron chi connectivity index (χ3n) is 3.16. The highest BCUT2D eigenvalue weighted by Crippen LogP contribution is 2.08. The molecule has 6 heteroatoms. The molecule has 6 nitrogen and oxygen atoms in total. The van der Waals surface area contributed by atoms with Crippen LogP contribution in [0.5, 0.6) is 0 Å². The van der Waals surface area contributed by atoms with Gasteiger partial charge < -0.3 is 15.4 Å². The van der Waals surface area contributed by atoms with Crippen molar-refractivity contribution in [2.24, 2.45) is 0 Å². The van der Waals surface area contributed by atoms with Crippen LogP contribution in [0.3, 0.4) is 0 Å². The number of amides is 1. The molecular weight excluding hydrogens is 272 g/mol. The fourth-order valence-corrected chi connectivity index (χ4v) is 2.10. The van der Waals surface area contributed by atoms with Crippen LogP contribution in [-0.4, -0.2) is 28.0 Å². The SMILES string of the molecule is CCC[C@@H](NC(=O)c1cc(=O)c2ccccc2[nH]1)C(=O)O. The molecule has 2 rings (SSSR count). The second-order valence-corrected chi connectivity index (χ2v) is 4.75. The van der Waals surface area contributed by atoms with Crippen LogP contribution >= 0.6 is 0 Å². The van der Waals surface area contributed by atoms with Crippen LogP contribution < -0.4 is 10.7 Å². The van der Waals surface area contributed by atoms with E-state index < -0.39 is 17.9 Å². The first-order valence-corrected chi connectivity index (χ1v) is 6.68. The topological polar surface area (TPSA) is 99.3 Å². The molecule has 0 aliphatic heterocycles. The first kappa shape index (κ1) is 14.8. The zero-order valence-corrected chi connectivity index (χ0v) is 11.6. The van der Waals surface area contributed by atoms with Gasteiger partial charge in [0.25, 0.3) is 5.91 Å². The van der Waals surface area contributed by atoms with Crippen molar-refractivity contribution in [3.8, 4) is 0 Å². The monoisotopic (exact) mass is 288 g/mol. The van der Waals surface area contributed by atoms with Crippen LogP contribution in [-0.2, 0) is 4.79 Å². The summed E-state index contributed by atoms with van der Waals surface area (Å²) < 4.78 is 0. The Balaban J connectivity index is 2.31. The Morgan fingerprint density at radius 3 is 2.71 bits per heavy atom. The third kappa shape index (κ3) is 3.28. The molecule has 1 aromatic heterocycles. The molecule has 1 aromatic carbocycles. The highest BCUT2D eigenvalue weighted by Gasteiger charge is 2.20. The lowest BCUT2D eigenvalue weighted by molar-refractivity contribution is -0.139. The van der Waals surface area contributed by atoms with Crippen molar-refractivity contribution < 1.29 is 14.7 Å². The smallest absolute Gasteiger partial charge is 0.326 e. The molecular formula is C15H16N2O4. The summed E-state index contributed by atoms with van der Waals surface area (Å²) in [6, 6.07) is 7.05. The van der Waals surface area contributed by atoms with Gasteiger partial charge in [-0.2, -0.15) is 0 Å². The molecule has 0 spiro atoms. The number of H-pyrrole nitrogens is 1. The van der Waals surface area contributed by atoms with E-state index in [0.717, 1.165) is 0 Å². The fraction of sp³-hybridized carbons (Fsp3) is 0.267. The quantitative estimate of drug-likeness (QED) is 0.776. The number of benzene rings is 1. The largest absolute Gasteiger partial charge is 0.480 e. The van der Waals surface area contributed by atoms with Gasteiger partial charge in [0.1, 0.15) is 11.7 Å². The second kappa shape index (κ2) is 6.21. The maximum absolute atomic E-state index is 12.1. The van der Waals surface area contributed by atoms with Gasteiger partial charge in [-0.1, -0.05) is 25.5 Å². The lowest BCUT2D eigenvalue weighted by Crippen LogP contribution is -2.41. The lowest BCUT2D eigenvalue weighted by atomic mass is 10.1. The Bertz CT molecular complexity index is 736. The number of carbonyl (C=O) groups is 2. The summed E-state index contributed by atoms with van der Waals surface area (Å²) in [5.41, 5.74) is 0.315. The molecule has 1 heterocycles. The van der Waals surface area contributed by atoms with E-state index in [2.05, 4.69) is 10.3 Å². The van der Waals surface area contributed by atoms with E-state index in [1.807, 2.05) is 6.92 Å². The lowest BCUT2D eigenvalue weighted by Gasteiger charge is -2.13. The van der Waals surface area contributed by atoms with Gasteiger partial charge in [0.15, 0.2) is 5.43 Å². The Hall–Kier alpha value is -2.63. The Morgan fingerprint density at radius 1 is 1.33 bits per heavy atom. The zero-order chi connectivity index (χ0) is 15.4. The molecule has 0 aliphatic rings. The van der Waals surface area contributed by atoms with Gasteiger partial charge in [0.05, 0.1) is 0 Å². The highest BCUT2D eigenvalue weighted by molar-refractivity contribution is 5.96. The average Bonchev–Trinajstić information content (AvgIpc) is 2.46.